The molecule has 0 aromatic heterocycles. The first-order chi connectivity index (χ1) is 11.5. The minimum Gasteiger partial charge on any atom is -0.490 e. The maximum absolute atomic E-state index is 12.1. The number of ether oxygens (including phenoxy) is 1. The molecule has 5 nitrogen and oxygen atoms in total. The van der Waals surface area contributed by atoms with E-state index in [2.05, 4.69) is 4.90 Å². The fraction of sp³-hybridized carbons (Fsp3) is 0.632. The summed E-state index contributed by atoms with van der Waals surface area (Å²) in [6, 6.07) is 6.05. The molecule has 1 heterocycles. The fourth-order valence-corrected chi connectivity index (χ4v) is 3.30. The van der Waals surface area contributed by atoms with Gasteiger partial charge in [0.2, 0.25) is 5.91 Å². The molecule has 1 amide bonds. The fourth-order valence-electron chi connectivity index (χ4n) is 3.30. The van der Waals surface area contributed by atoms with Gasteiger partial charge < -0.3 is 14.7 Å². The topological polar surface area (TPSA) is 53.0 Å². The van der Waals surface area contributed by atoms with E-state index >= 15 is 0 Å². The number of aryl methyl sites for hydroxylation is 2. The van der Waals surface area contributed by atoms with E-state index in [1.807, 2.05) is 36.9 Å². The number of β-amino-alcohol motifs (C(OH)–C–C–N with tert-alkyl or cyclic N) is 1. The highest BCUT2D eigenvalue weighted by Gasteiger charge is 2.34. The zero-order valence-electron chi connectivity index (χ0n) is 14.7. The Morgan fingerprint density at radius 2 is 1.83 bits per heavy atom. The molecule has 1 saturated carbocycles. The third-order valence-corrected chi connectivity index (χ3v) is 4.91. The van der Waals surface area contributed by atoms with Crippen molar-refractivity contribution in [3.63, 3.8) is 0 Å². The molecule has 0 spiro atoms. The van der Waals surface area contributed by atoms with E-state index in [0.29, 0.717) is 25.0 Å². The van der Waals surface area contributed by atoms with E-state index < -0.39 is 6.10 Å². The Labute approximate surface area is 144 Å². The van der Waals surface area contributed by atoms with Crippen LogP contribution in [0.1, 0.15) is 24.0 Å². The average molecular weight is 332 g/mol. The van der Waals surface area contributed by atoms with Gasteiger partial charge in [-0.1, -0.05) is 18.2 Å². The van der Waals surface area contributed by atoms with Crippen LogP contribution in [0.2, 0.25) is 0 Å². The summed E-state index contributed by atoms with van der Waals surface area (Å²) in [5.41, 5.74) is 2.18. The molecule has 1 N–H and O–H groups in total. The second-order valence-corrected chi connectivity index (χ2v) is 7.09. The van der Waals surface area contributed by atoms with Crippen molar-refractivity contribution in [1.29, 1.82) is 0 Å². The van der Waals surface area contributed by atoms with Crippen molar-refractivity contribution in [3.05, 3.63) is 29.3 Å². The largest absolute Gasteiger partial charge is 0.490 e. The van der Waals surface area contributed by atoms with Crippen molar-refractivity contribution < 1.29 is 14.6 Å². The maximum Gasteiger partial charge on any atom is 0.225 e. The summed E-state index contributed by atoms with van der Waals surface area (Å²) in [5.74, 6) is 1.50. The Bertz CT molecular complexity index is 558. The summed E-state index contributed by atoms with van der Waals surface area (Å²) in [7, 11) is 0. The van der Waals surface area contributed by atoms with Crippen molar-refractivity contribution in [2.75, 3.05) is 39.3 Å². The molecule has 3 rings (SSSR count). The molecule has 1 saturated heterocycles. The number of benzene rings is 1. The van der Waals surface area contributed by atoms with Crippen LogP contribution >= 0.6 is 0 Å². The number of rotatable bonds is 6. The van der Waals surface area contributed by atoms with Crippen LogP contribution in [0.15, 0.2) is 18.2 Å². The number of para-hydroxylation sites is 1. The molecule has 132 valence electrons. The van der Waals surface area contributed by atoms with E-state index in [4.69, 9.17) is 4.74 Å². The summed E-state index contributed by atoms with van der Waals surface area (Å²) in [4.78, 5) is 16.2. The lowest BCUT2D eigenvalue weighted by Crippen LogP contribution is -2.51. The molecule has 1 unspecified atom stereocenters. The van der Waals surface area contributed by atoms with Gasteiger partial charge in [-0.15, -0.1) is 0 Å². The summed E-state index contributed by atoms with van der Waals surface area (Å²) < 4.78 is 5.83. The van der Waals surface area contributed by atoms with Crippen LogP contribution in [0, 0.1) is 19.8 Å². The van der Waals surface area contributed by atoms with E-state index in [0.717, 1.165) is 55.9 Å². The smallest absolute Gasteiger partial charge is 0.225 e. The Kier molecular flexibility index (Phi) is 5.41. The summed E-state index contributed by atoms with van der Waals surface area (Å²) in [6.45, 7) is 8.15. The van der Waals surface area contributed by atoms with Crippen LogP contribution in [-0.2, 0) is 4.79 Å². The van der Waals surface area contributed by atoms with Gasteiger partial charge in [-0.2, -0.15) is 0 Å². The molecule has 2 aliphatic rings. The average Bonchev–Trinajstić information content (AvgIpc) is 3.39. The lowest BCUT2D eigenvalue weighted by Gasteiger charge is -2.35. The van der Waals surface area contributed by atoms with Crippen molar-refractivity contribution in [1.82, 2.24) is 9.80 Å². The zero-order valence-corrected chi connectivity index (χ0v) is 14.7. The van der Waals surface area contributed by atoms with Gasteiger partial charge in [0.05, 0.1) is 0 Å². The normalized spacial score (nSPS) is 20.0. The van der Waals surface area contributed by atoms with Crippen LogP contribution in [0.5, 0.6) is 5.75 Å². The van der Waals surface area contributed by atoms with Crippen molar-refractivity contribution in [2.45, 2.75) is 32.8 Å². The van der Waals surface area contributed by atoms with Crippen molar-refractivity contribution in [2.24, 2.45) is 5.92 Å². The second kappa shape index (κ2) is 7.53. The molecule has 1 aliphatic carbocycles. The van der Waals surface area contributed by atoms with Crippen LogP contribution in [0.3, 0.4) is 0 Å². The summed E-state index contributed by atoms with van der Waals surface area (Å²) in [5, 5.41) is 10.3. The van der Waals surface area contributed by atoms with Crippen LogP contribution in [0.25, 0.3) is 0 Å². The standard InChI is InChI=1S/C19H28N2O3/c1-14-4-3-5-15(2)18(14)24-13-17(22)12-20-8-10-21(11-9-20)19(23)16-6-7-16/h3-5,16-17,22H,6-13H2,1-2H3. The van der Waals surface area contributed by atoms with Gasteiger partial charge >= 0.3 is 0 Å². The third-order valence-electron chi connectivity index (χ3n) is 4.91. The summed E-state index contributed by atoms with van der Waals surface area (Å²) >= 11 is 0. The van der Waals surface area contributed by atoms with Crippen LogP contribution in [-0.4, -0.2) is 66.2 Å². The van der Waals surface area contributed by atoms with E-state index in [-0.39, 0.29) is 0 Å². The number of aliphatic hydroxyl groups excluding tert-OH is 1. The third kappa shape index (κ3) is 4.28. The van der Waals surface area contributed by atoms with E-state index in [1.54, 1.807) is 0 Å². The number of piperazine rings is 1. The Morgan fingerprint density at radius 1 is 1.21 bits per heavy atom. The lowest BCUT2D eigenvalue weighted by molar-refractivity contribution is -0.134. The van der Waals surface area contributed by atoms with Crippen molar-refractivity contribution in [3.8, 4) is 5.75 Å². The molecule has 1 atom stereocenters. The van der Waals surface area contributed by atoms with E-state index in [1.165, 1.54) is 0 Å². The number of nitrogens with zero attached hydrogens (tertiary/aromatic N) is 2. The molecule has 24 heavy (non-hydrogen) atoms. The highest BCUT2D eigenvalue weighted by atomic mass is 16.5. The quantitative estimate of drug-likeness (QED) is 0.860. The molecule has 1 aromatic rings. The minimum atomic E-state index is -0.519. The van der Waals surface area contributed by atoms with Gasteiger partial charge in [-0.3, -0.25) is 9.69 Å². The second-order valence-electron chi connectivity index (χ2n) is 7.09. The Balaban J connectivity index is 1.41. The first-order valence-corrected chi connectivity index (χ1v) is 8.93. The first-order valence-electron chi connectivity index (χ1n) is 8.93. The Hall–Kier alpha value is -1.59. The van der Waals surface area contributed by atoms with Crippen molar-refractivity contribution >= 4 is 5.91 Å². The molecular formula is C19H28N2O3. The minimum absolute atomic E-state index is 0.299. The number of hydrogen-bond acceptors (Lipinski definition) is 4. The molecule has 5 heteroatoms. The maximum atomic E-state index is 12.1. The monoisotopic (exact) mass is 332 g/mol. The van der Waals surface area contributed by atoms with Gasteiger partial charge in [-0.05, 0) is 37.8 Å². The first kappa shape index (κ1) is 17.2. The number of carbonyl (C=O) groups excluding carboxylic acids is 1. The molecular weight excluding hydrogens is 304 g/mol. The van der Waals surface area contributed by atoms with Gasteiger partial charge in [0.1, 0.15) is 18.5 Å². The number of carbonyl (C=O) groups is 1. The highest BCUT2D eigenvalue weighted by molar-refractivity contribution is 5.81. The number of hydrogen-bond donors (Lipinski definition) is 1. The van der Waals surface area contributed by atoms with Gasteiger partial charge in [0, 0.05) is 38.6 Å². The van der Waals surface area contributed by atoms with Gasteiger partial charge in [0.25, 0.3) is 0 Å². The van der Waals surface area contributed by atoms with Gasteiger partial charge in [-0.25, -0.2) is 0 Å². The highest BCUT2D eigenvalue weighted by Crippen LogP contribution is 2.31. The molecule has 1 aromatic carbocycles. The molecule has 1 aliphatic heterocycles. The predicted octanol–water partition coefficient (Wildman–Crippen LogP) is 1.60. The summed E-state index contributed by atoms with van der Waals surface area (Å²) in [6.07, 6.45) is 1.61. The molecule has 2 fully saturated rings. The lowest BCUT2D eigenvalue weighted by atomic mass is 10.1. The Morgan fingerprint density at radius 3 is 2.42 bits per heavy atom. The SMILES string of the molecule is Cc1cccc(C)c1OCC(O)CN1CCN(C(=O)C2CC2)CC1. The number of amides is 1. The zero-order chi connectivity index (χ0) is 17.1. The van der Waals surface area contributed by atoms with E-state index in [9.17, 15) is 9.90 Å². The number of aliphatic hydroxyl groups is 1. The van der Waals surface area contributed by atoms with Crippen LogP contribution in [0.4, 0.5) is 0 Å². The van der Waals surface area contributed by atoms with Crippen LogP contribution < -0.4 is 4.74 Å². The molecule has 0 bridgehead atoms. The van der Waals surface area contributed by atoms with Gasteiger partial charge in [0.15, 0.2) is 0 Å². The molecule has 0 radical (unpaired) electrons. The predicted molar refractivity (Wildman–Crippen MR) is 93.2 cm³/mol.